The van der Waals surface area contributed by atoms with Crippen molar-refractivity contribution in [2.75, 3.05) is 0 Å². The molecular formula is C22H17GeO4. The van der Waals surface area contributed by atoms with Gasteiger partial charge in [-0.1, -0.05) is 30.3 Å². The van der Waals surface area contributed by atoms with Crippen molar-refractivity contribution in [3.8, 4) is 5.75 Å². The van der Waals surface area contributed by atoms with E-state index < -0.39 is 5.97 Å². The molecule has 0 amide bonds. The second-order valence-corrected chi connectivity index (χ2v) is 7.14. The van der Waals surface area contributed by atoms with E-state index in [9.17, 15) is 15.0 Å². The smallest absolute Gasteiger partial charge is 0.0218 e. The van der Waals surface area contributed by atoms with E-state index in [0.29, 0.717) is 11.3 Å². The van der Waals surface area contributed by atoms with E-state index in [1.165, 1.54) is 6.08 Å². The summed E-state index contributed by atoms with van der Waals surface area (Å²) in [4.78, 5) is 12.1. The van der Waals surface area contributed by atoms with Crippen LogP contribution in [-0.4, -0.2) is 32.5 Å². The second-order valence-electron chi connectivity index (χ2n) is 5.92. The normalized spacial score (nSPS) is 11.5. The molecule has 3 radical (unpaired) electrons. The van der Waals surface area contributed by atoms with E-state index in [2.05, 4.69) is 0 Å². The van der Waals surface area contributed by atoms with Crippen LogP contribution in [0.25, 0.3) is 6.08 Å². The first-order valence-corrected chi connectivity index (χ1v) is 9.32. The summed E-state index contributed by atoms with van der Waals surface area (Å²) in [6, 6.07) is 22.5. The monoisotopic (exact) mass is 419 g/mol. The molecule has 0 saturated carbocycles. The molecule has 0 aliphatic carbocycles. The van der Waals surface area contributed by atoms with Gasteiger partial charge in [-0.3, -0.25) is 4.79 Å². The quantitative estimate of drug-likeness (QED) is 0.280. The van der Waals surface area contributed by atoms with Crippen LogP contribution in [0, 0.1) is 0 Å². The van der Waals surface area contributed by atoms with Gasteiger partial charge in [-0.05, 0) is 0 Å². The molecule has 4 nitrogen and oxygen atoms in total. The number of carbonyl (C=O) groups excluding carboxylic acids is 1. The minimum absolute atomic E-state index is 0.0832. The van der Waals surface area contributed by atoms with Crippen molar-refractivity contribution in [2.45, 2.75) is 5.97 Å². The molecular weight excluding hydrogens is 401 g/mol. The molecule has 3 aromatic rings. The van der Waals surface area contributed by atoms with Crippen LogP contribution >= 0.6 is 0 Å². The Bertz CT molecular complexity index is 948. The van der Waals surface area contributed by atoms with Gasteiger partial charge in [0.1, 0.15) is 0 Å². The van der Waals surface area contributed by atoms with Gasteiger partial charge in [-0.2, -0.15) is 0 Å². The van der Waals surface area contributed by atoms with Gasteiger partial charge in [0.25, 0.3) is 0 Å². The molecule has 0 unspecified atom stereocenters. The van der Waals surface area contributed by atoms with Crippen LogP contribution in [-0.2, 0) is 5.97 Å². The van der Waals surface area contributed by atoms with Gasteiger partial charge in [-0.15, -0.1) is 0 Å². The fourth-order valence-electron chi connectivity index (χ4n) is 2.46. The summed E-state index contributed by atoms with van der Waals surface area (Å²) in [5.74, 6) is -2.21. The Balaban J connectivity index is 1.68. The molecule has 3 aromatic carbocycles. The summed E-state index contributed by atoms with van der Waals surface area (Å²) in [6.07, 6.45) is 3.20. The Morgan fingerprint density at radius 2 is 1.63 bits per heavy atom. The first-order chi connectivity index (χ1) is 12.9. The third-order valence-electron chi connectivity index (χ3n) is 3.86. The fourth-order valence-corrected chi connectivity index (χ4v) is 2.99. The van der Waals surface area contributed by atoms with E-state index in [4.69, 9.17) is 4.74 Å². The van der Waals surface area contributed by atoms with Crippen LogP contribution in [0.5, 0.6) is 5.75 Å². The van der Waals surface area contributed by atoms with Crippen LogP contribution in [0.1, 0.15) is 21.5 Å². The minimum Gasteiger partial charge on any atom is -0.0622 e. The van der Waals surface area contributed by atoms with E-state index >= 15 is 0 Å². The number of carbonyl (C=O) groups is 1. The van der Waals surface area contributed by atoms with E-state index in [0.717, 1.165) is 9.96 Å². The van der Waals surface area contributed by atoms with Gasteiger partial charge in [0.15, 0.2) is 0 Å². The van der Waals surface area contributed by atoms with Gasteiger partial charge in [-0.25, -0.2) is 0 Å². The summed E-state index contributed by atoms with van der Waals surface area (Å²) < 4.78 is 6.21. The second kappa shape index (κ2) is 8.35. The van der Waals surface area contributed by atoms with Crippen LogP contribution in [0.3, 0.4) is 0 Å². The largest absolute Gasteiger partial charge is 0.0622 e. The van der Waals surface area contributed by atoms with Crippen molar-refractivity contribution < 1.29 is 19.7 Å². The van der Waals surface area contributed by atoms with E-state index in [-0.39, 0.29) is 11.3 Å². The SMILES string of the molecule is O=C(C=Cc1ccc(OC(O)(O)c2ccc[c]([Ge])c2)cc1)c1ccccc1. The minimum atomic E-state index is -2.42. The molecule has 0 spiro atoms. The summed E-state index contributed by atoms with van der Waals surface area (Å²) in [6.45, 7) is 0. The van der Waals surface area contributed by atoms with Crippen LogP contribution < -0.4 is 9.13 Å². The Kier molecular flexibility index (Phi) is 5.91. The molecule has 2 N–H and O–H groups in total. The molecule has 0 heterocycles. The zero-order valence-electron chi connectivity index (χ0n) is 14.4. The summed E-state index contributed by atoms with van der Waals surface area (Å²) >= 11 is 1.86. The van der Waals surface area contributed by atoms with Crippen molar-refractivity contribution in [3.05, 3.63) is 102 Å². The molecule has 133 valence electrons. The Morgan fingerprint density at radius 1 is 0.926 bits per heavy atom. The average molecular weight is 418 g/mol. The third-order valence-corrected chi connectivity index (χ3v) is 4.52. The number of allylic oxidation sites excluding steroid dienone is 1. The van der Waals surface area contributed by atoms with Crippen molar-refractivity contribution in [1.29, 1.82) is 0 Å². The number of ketones is 1. The van der Waals surface area contributed by atoms with Gasteiger partial charge in [0, 0.05) is 5.56 Å². The maximum Gasteiger partial charge on any atom is 0.0218 e. The summed E-state index contributed by atoms with van der Waals surface area (Å²) in [5.41, 5.74) is 1.67. The average Bonchev–Trinajstić information content (AvgIpc) is 2.67. The topological polar surface area (TPSA) is 66.8 Å². The zero-order chi connectivity index (χ0) is 19.3. The number of hydrogen-bond acceptors (Lipinski definition) is 4. The molecule has 0 fully saturated rings. The molecule has 27 heavy (non-hydrogen) atoms. The van der Waals surface area contributed by atoms with Crippen molar-refractivity contribution in [3.63, 3.8) is 0 Å². The molecule has 0 bridgehead atoms. The number of hydrogen-bond donors (Lipinski definition) is 2. The Morgan fingerprint density at radius 3 is 2.30 bits per heavy atom. The van der Waals surface area contributed by atoms with Crippen LogP contribution in [0.4, 0.5) is 0 Å². The Hall–Kier alpha value is -2.67. The molecule has 0 aromatic heterocycles. The fraction of sp³-hybridized carbons (Fsp3) is 0.0455. The number of rotatable bonds is 6. The van der Waals surface area contributed by atoms with Gasteiger partial charge in [0.2, 0.25) is 0 Å². The van der Waals surface area contributed by atoms with E-state index in [1.54, 1.807) is 60.7 Å². The zero-order valence-corrected chi connectivity index (χ0v) is 16.5. The summed E-state index contributed by atoms with van der Waals surface area (Å²) in [5, 5.41) is 20.4. The number of ether oxygens (including phenoxy) is 1. The third kappa shape index (κ3) is 5.17. The maximum absolute atomic E-state index is 12.1. The molecule has 3 rings (SSSR count). The standard InChI is InChI=1S/C22H17GeO4/c23-19-8-4-7-18(15-19)22(25,26)27-20-12-9-16(10-13-20)11-14-21(24)17-5-2-1-3-6-17/h1-15,25-26H. The summed E-state index contributed by atoms with van der Waals surface area (Å²) in [7, 11) is 0. The molecule has 0 atom stereocenters. The molecule has 0 saturated heterocycles. The van der Waals surface area contributed by atoms with Crippen LogP contribution in [0.2, 0.25) is 0 Å². The van der Waals surface area contributed by atoms with Gasteiger partial charge >= 0.3 is 125 Å². The number of benzene rings is 3. The van der Waals surface area contributed by atoms with Crippen LogP contribution in [0.15, 0.2) is 84.9 Å². The molecule has 0 aliphatic heterocycles. The first-order valence-electron chi connectivity index (χ1n) is 8.27. The number of aliphatic hydroxyl groups is 2. The maximum atomic E-state index is 12.1. The van der Waals surface area contributed by atoms with Crippen molar-refractivity contribution in [2.24, 2.45) is 0 Å². The van der Waals surface area contributed by atoms with Gasteiger partial charge in [0.05, 0.1) is 0 Å². The van der Waals surface area contributed by atoms with Crippen molar-refractivity contribution in [1.82, 2.24) is 0 Å². The van der Waals surface area contributed by atoms with E-state index in [1.807, 2.05) is 40.8 Å². The first kappa shape index (κ1) is 19.1. The van der Waals surface area contributed by atoms with Crippen molar-refractivity contribution >= 4 is 32.8 Å². The predicted molar refractivity (Wildman–Crippen MR) is 105 cm³/mol. The predicted octanol–water partition coefficient (Wildman–Crippen LogP) is 2.55. The molecule has 5 heteroatoms. The Labute approximate surface area is 166 Å². The van der Waals surface area contributed by atoms with Gasteiger partial charge < -0.3 is 0 Å². The molecule has 0 aliphatic rings.